The van der Waals surface area contributed by atoms with Crippen LogP contribution in [0.4, 0.5) is 0 Å². The molecule has 0 fully saturated rings. The van der Waals surface area contributed by atoms with Crippen LogP contribution in [0.25, 0.3) is 48.6 Å². The first kappa shape index (κ1) is 55.4. The van der Waals surface area contributed by atoms with Crippen LogP contribution >= 0.6 is 0 Å². The molecule has 0 unspecified atom stereocenters. The van der Waals surface area contributed by atoms with Crippen molar-refractivity contribution in [1.82, 2.24) is 0 Å². The molecule has 0 nitrogen and oxygen atoms in total. The van der Waals surface area contributed by atoms with Gasteiger partial charge in [-0.25, -0.2) is 0 Å². The van der Waals surface area contributed by atoms with E-state index in [0.717, 1.165) is 0 Å². The SMILES string of the molecule is C=CC=Cc1ccccc1.C=Cc1ccccc1.C=Cc1ccccc1.C=Cc1ccccc1.C=Cc1ccccc1.C=Cc1ccccc1.C=Cc1ccccc1.C=Cc1ccccc1. The maximum atomic E-state index is 3.63. The fourth-order valence-corrected chi connectivity index (χ4v) is 4.87. The van der Waals surface area contributed by atoms with Crippen LogP contribution in [0.1, 0.15) is 44.5 Å². The van der Waals surface area contributed by atoms with E-state index in [1.54, 1.807) is 6.08 Å². The van der Waals surface area contributed by atoms with Gasteiger partial charge in [0, 0.05) is 0 Å². The average Bonchev–Trinajstić information content (AvgIpc) is 3.43. The largest absolute Gasteiger partial charge is 0.0991 e. The molecular formula is C66H66. The van der Waals surface area contributed by atoms with Crippen LogP contribution in [0, 0.1) is 0 Å². The van der Waals surface area contributed by atoms with Gasteiger partial charge in [0.25, 0.3) is 0 Å². The molecule has 0 aliphatic carbocycles. The van der Waals surface area contributed by atoms with Gasteiger partial charge in [-0.15, -0.1) is 0 Å². The van der Waals surface area contributed by atoms with Gasteiger partial charge in [-0.05, 0) is 44.5 Å². The Hall–Kier alpha value is -8.58. The number of allylic oxidation sites excluding steroid dienone is 2. The fraction of sp³-hybridized carbons (Fsp3) is 0. The number of hydrogen-bond acceptors (Lipinski definition) is 0. The van der Waals surface area contributed by atoms with Crippen molar-refractivity contribution in [2.75, 3.05) is 0 Å². The van der Waals surface area contributed by atoms with E-state index in [-0.39, 0.29) is 0 Å². The molecule has 66 heavy (non-hydrogen) atoms. The van der Waals surface area contributed by atoms with Gasteiger partial charge < -0.3 is 0 Å². The highest BCUT2D eigenvalue weighted by Gasteiger charge is 1.81. The van der Waals surface area contributed by atoms with E-state index >= 15 is 0 Å². The Bertz CT molecular complexity index is 2000. The first-order valence-electron chi connectivity index (χ1n) is 21.5. The van der Waals surface area contributed by atoms with Crippen molar-refractivity contribution in [2.24, 2.45) is 0 Å². The molecule has 0 saturated heterocycles. The lowest BCUT2D eigenvalue weighted by Crippen LogP contribution is -1.65. The number of rotatable bonds is 9. The smallest absolute Gasteiger partial charge is 0.0257 e. The Labute approximate surface area is 398 Å². The summed E-state index contributed by atoms with van der Waals surface area (Å²) in [5.41, 5.74) is 9.43. The second kappa shape index (κ2) is 40.5. The third-order valence-electron chi connectivity index (χ3n) is 8.47. The van der Waals surface area contributed by atoms with Crippen molar-refractivity contribution in [2.45, 2.75) is 0 Å². The average molecular weight is 859 g/mol. The van der Waals surface area contributed by atoms with E-state index in [1.165, 1.54) is 44.5 Å². The van der Waals surface area contributed by atoms with Gasteiger partial charge in [-0.2, -0.15) is 0 Å². The predicted molar refractivity (Wildman–Crippen MR) is 301 cm³/mol. The van der Waals surface area contributed by atoms with Crippen molar-refractivity contribution in [3.05, 3.63) is 352 Å². The summed E-state index contributed by atoms with van der Waals surface area (Å²) in [5, 5.41) is 0. The summed E-state index contributed by atoms with van der Waals surface area (Å²) in [6.07, 6.45) is 18.6. The van der Waals surface area contributed by atoms with Gasteiger partial charge in [0.1, 0.15) is 0 Å². The monoisotopic (exact) mass is 859 g/mol. The van der Waals surface area contributed by atoms with E-state index in [1.807, 2.05) is 285 Å². The summed E-state index contributed by atoms with van der Waals surface area (Å²) in [7, 11) is 0. The van der Waals surface area contributed by atoms with Gasteiger partial charge in [-0.3, -0.25) is 0 Å². The minimum absolute atomic E-state index is 1.17. The first-order valence-corrected chi connectivity index (χ1v) is 21.5. The summed E-state index contributed by atoms with van der Waals surface area (Å²) in [4.78, 5) is 0. The van der Waals surface area contributed by atoms with Crippen LogP contribution in [0.3, 0.4) is 0 Å². The van der Waals surface area contributed by atoms with E-state index < -0.39 is 0 Å². The second-order valence-corrected chi connectivity index (χ2v) is 13.3. The van der Waals surface area contributed by atoms with Crippen LogP contribution < -0.4 is 0 Å². The van der Waals surface area contributed by atoms with Crippen LogP contribution in [0.2, 0.25) is 0 Å². The lowest BCUT2D eigenvalue weighted by molar-refractivity contribution is 1.66. The molecule has 8 aromatic carbocycles. The molecule has 0 heteroatoms. The third kappa shape index (κ3) is 30.4. The second-order valence-electron chi connectivity index (χ2n) is 13.3. The molecule has 0 N–H and O–H groups in total. The Kier molecular flexibility index (Phi) is 34.0. The highest BCUT2D eigenvalue weighted by Crippen LogP contribution is 2.03. The summed E-state index contributed by atoms with van der Waals surface area (Å²) in [6.45, 7) is 29.0. The van der Waals surface area contributed by atoms with E-state index in [2.05, 4.69) is 64.8 Å². The highest BCUT2D eigenvalue weighted by atomic mass is 13.9. The lowest BCUT2D eigenvalue weighted by atomic mass is 10.2. The van der Waals surface area contributed by atoms with Crippen molar-refractivity contribution in [3.63, 3.8) is 0 Å². The van der Waals surface area contributed by atoms with Gasteiger partial charge in [0.05, 0.1) is 0 Å². The first-order chi connectivity index (χ1) is 32.5. The zero-order chi connectivity index (χ0) is 48.0. The molecule has 0 saturated carbocycles. The molecule has 8 rings (SSSR count). The van der Waals surface area contributed by atoms with Gasteiger partial charge in [0.2, 0.25) is 0 Å². The molecule has 0 bridgehead atoms. The van der Waals surface area contributed by atoms with Crippen molar-refractivity contribution < 1.29 is 0 Å². The van der Waals surface area contributed by atoms with Gasteiger partial charge >= 0.3 is 0 Å². The molecule has 0 heterocycles. The standard InChI is InChI=1S/C10H10.7C8H8/c1-2-3-7-10-8-5-4-6-9-10;7*1-2-8-6-4-3-5-7-8/h2-9H,1H2;7*2-7H,1H2. The zero-order valence-electron chi connectivity index (χ0n) is 38.5. The maximum Gasteiger partial charge on any atom is -0.0257 e. The predicted octanol–water partition coefficient (Wildman–Crippen LogP) is 19.2. The van der Waals surface area contributed by atoms with Crippen LogP contribution in [0.5, 0.6) is 0 Å². The quantitative estimate of drug-likeness (QED) is 0.127. The molecule has 0 aliphatic rings. The molecule has 0 spiro atoms. The summed E-state index contributed by atoms with van der Waals surface area (Å²) < 4.78 is 0. The minimum Gasteiger partial charge on any atom is -0.0991 e. The number of hydrogen-bond donors (Lipinski definition) is 0. The molecule has 0 aliphatic heterocycles. The molecule has 8 aromatic rings. The third-order valence-corrected chi connectivity index (χ3v) is 8.47. The highest BCUT2D eigenvalue weighted by molar-refractivity contribution is 5.51. The molecule has 0 aromatic heterocycles. The Morgan fingerprint density at radius 3 is 0.424 bits per heavy atom. The fourth-order valence-electron chi connectivity index (χ4n) is 4.87. The van der Waals surface area contributed by atoms with Crippen LogP contribution in [-0.2, 0) is 0 Å². The molecule has 0 atom stereocenters. The number of benzene rings is 8. The Morgan fingerprint density at radius 2 is 0.318 bits per heavy atom. The zero-order valence-corrected chi connectivity index (χ0v) is 38.5. The molecule has 330 valence electrons. The van der Waals surface area contributed by atoms with Gasteiger partial charge in [0.15, 0.2) is 0 Å². The van der Waals surface area contributed by atoms with E-state index in [4.69, 9.17) is 0 Å². The van der Waals surface area contributed by atoms with E-state index in [0.29, 0.717) is 0 Å². The minimum atomic E-state index is 1.17. The summed E-state index contributed by atoms with van der Waals surface area (Å²) in [5.74, 6) is 0. The van der Waals surface area contributed by atoms with E-state index in [9.17, 15) is 0 Å². The topological polar surface area (TPSA) is 0 Å². The summed E-state index contributed by atoms with van der Waals surface area (Å²) >= 11 is 0. The maximum absolute atomic E-state index is 3.63. The molecular weight excluding hydrogens is 793 g/mol. The molecule has 0 amide bonds. The van der Waals surface area contributed by atoms with Gasteiger partial charge in [-0.1, -0.05) is 356 Å². The van der Waals surface area contributed by atoms with Crippen molar-refractivity contribution in [3.8, 4) is 0 Å². The summed E-state index contributed by atoms with van der Waals surface area (Å²) in [6, 6.07) is 80.4. The Balaban J connectivity index is 0.000000378. The Morgan fingerprint density at radius 1 is 0.182 bits per heavy atom. The molecule has 0 radical (unpaired) electrons. The van der Waals surface area contributed by atoms with Crippen molar-refractivity contribution in [1.29, 1.82) is 0 Å². The normalized spacial score (nSPS) is 8.73. The lowest BCUT2D eigenvalue weighted by Gasteiger charge is -1.87. The van der Waals surface area contributed by atoms with Crippen LogP contribution in [-0.4, -0.2) is 0 Å². The van der Waals surface area contributed by atoms with Crippen LogP contribution in [0.15, 0.2) is 307 Å². The van der Waals surface area contributed by atoms with Crippen molar-refractivity contribution >= 4 is 48.6 Å².